The molecule has 1 aromatic rings. The molecule has 3 N–H and O–H groups in total. The van der Waals surface area contributed by atoms with Gasteiger partial charge in [-0.3, -0.25) is 5.10 Å². The molecule has 1 heterocycles. The molecule has 0 aliphatic heterocycles. The molecule has 104 valence electrons. The highest BCUT2D eigenvalue weighted by Gasteiger charge is 2.23. The Bertz CT molecular complexity index is 481. The molecule has 0 fully saturated rings. The molecule has 0 aliphatic rings. The molecule has 0 unspecified atom stereocenters. The van der Waals surface area contributed by atoms with Crippen molar-refractivity contribution in [2.75, 3.05) is 27.2 Å². The zero-order valence-corrected chi connectivity index (χ0v) is 11.7. The summed E-state index contributed by atoms with van der Waals surface area (Å²) in [5.41, 5.74) is 0.576. The van der Waals surface area contributed by atoms with Crippen LogP contribution in [0.2, 0.25) is 0 Å². The summed E-state index contributed by atoms with van der Waals surface area (Å²) in [4.78, 5) is 2.03. The summed E-state index contributed by atoms with van der Waals surface area (Å²) in [5.74, 6) is 0. The van der Waals surface area contributed by atoms with Gasteiger partial charge >= 0.3 is 0 Å². The number of aryl methyl sites for hydroxylation is 1. The van der Waals surface area contributed by atoms with Crippen molar-refractivity contribution in [3.8, 4) is 0 Å². The Kier molecular flexibility index (Phi) is 5.27. The largest absolute Gasteiger partial charge is 0.390 e. The van der Waals surface area contributed by atoms with Crippen molar-refractivity contribution >= 4 is 10.0 Å². The number of rotatable bonds is 7. The van der Waals surface area contributed by atoms with Gasteiger partial charge in [0.05, 0.1) is 12.3 Å². The standard InChI is InChI=1S/C10H20N4O3S/c1-8-10(9(7-15)13-12-8)18(16,17)11-5-4-6-14(2)3/h11,15H,4-7H2,1-3H3,(H,12,13). The lowest BCUT2D eigenvalue weighted by atomic mass is 10.4. The Morgan fingerprint density at radius 1 is 1.44 bits per heavy atom. The van der Waals surface area contributed by atoms with Gasteiger partial charge in [-0.05, 0) is 34.0 Å². The predicted octanol–water partition coefficient (Wildman–Crippen LogP) is -0.560. The molecule has 1 rings (SSSR count). The quantitative estimate of drug-likeness (QED) is 0.580. The highest BCUT2D eigenvalue weighted by atomic mass is 32.2. The normalized spacial score (nSPS) is 12.3. The second kappa shape index (κ2) is 6.28. The second-order valence-corrected chi connectivity index (χ2v) is 6.04. The molecule has 1 aromatic heterocycles. The number of sulfonamides is 1. The number of hydrogen-bond acceptors (Lipinski definition) is 5. The van der Waals surface area contributed by atoms with E-state index in [9.17, 15) is 8.42 Å². The van der Waals surface area contributed by atoms with Gasteiger partial charge in [0.15, 0.2) is 0 Å². The van der Waals surface area contributed by atoms with E-state index in [1.165, 1.54) is 0 Å². The van der Waals surface area contributed by atoms with Crippen LogP contribution in [0.15, 0.2) is 4.90 Å². The van der Waals surface area contributed by atoms with Crippen LogP contribution in [-0.4, -0.2) is 55.8 Å². The van der Waals surface area contributed by atoms with Gasteiger partial charge in [-0.25, -0.2) is 13.1 Å². The molecular weight excluding hydrogens is 256 g/mol. The summed E-state index contributed by atoms with van der Waals surface area (Å²) in [6.45, 7) is 2.37. The second-order valence-electron chi connectivity index (χ2n) is 4.34. The maximum Gasteiger partial charge on any atom is 0.244 e. The van der Waals surface area contributed by atoms with Crippen LogP contribution in [0.4, 0.5) is 0 Å². The van der Waals surface area contributed by atoms with Gasteiger partial charge in [0, 0.05) is 6.54 Å². The van der Waals surface area contributed by atoms with Crippen LogP contribution in [-0.2, 0) is 16.6 Å². The molecule has 8 heteroatoms. The third-order valence-corrected chi connectivity index (χ3v) is 4.12. The van der Waals surface area contributed by atoms with Crippen molar-refractivity contribution in [2.24, 2.45) is 0 Å². The number of aliphatic hydroxyl groups is 1. The molecular formula is C10H20N4O3S. The maximum atomic E-state index is 12.0. The topological polar surface area (TPSA) is 98.3 Å². The van der Waals surface area contributed by atoms with E-state index in [0.29, 0.717) is 12.2 Å². The molecule has 0 saturated carbocycles. The number of aromatic amines is 1. The van der Waals surface area contributed by atoms with E-state index in [1.807, 2.05) is 19.0 Å². The van der Waals surface area contributed by atoms with E-state index in [0.717, 1.165) is 13.0 Å². The Morgan fingerprint density at radius 2 is 2.11 bits per heavy atom. The fourth-order valence-electron chi connectivity index (χ4n) is 1.61. The Labute approximate surface area is 107 Å². The maximum absolute atomic E-state index is 12.0. The fourth-order valence-corrected chi connectivity index (χ4v) is 3.03. The average Bonchev–Trinajstić information content (AvgIpc) is 2.66. The van der Waals surface area contributed by atoms with E-state index in [4.69, 9.17) is 5.11 Å². The first kappa shape index (κ1) is 15.1. The molecule has 0 saturated heterocycles. The Balaban J connectivity index is 2.71. The molecule has 7 nitrogen and oxygen atoms in total. The van der Waals surface area contributed by atoms with Gasteiger partial charge < -0.3 is 10.0 Å². The fraction of sp³-hybridized carbons (Fsp3) is 0.700. The number of aromatic nitrogens is 2. The van der Waals surface area contributed by atoms with Crippen molar-refractivity contribution < 1.29 is 13.5 Å². The van der Waals surface area contributed by atoms with Gasteiger partial charge in [-0.15, -0.1) is 0 Å². The first-order valence-corrected chi connectivity index (χ1v) is 7.16. The van der Waals surface area contributed by atoms with Crippen LogP contribution in [0.3, 0.4) is 0 Å². The highest BCUT2D eigenvalue weighted by molar-refractivity contribution is 7.89. The summed E-state index contributed by atoms with van der Waals surface area (Å²) in [6.07, 6.45) is 0.720. The lowest BCUT2D eigenvalue weighted by Gasteiger charge is -2.10. The van der Waals surface area contributed by atoms with E-state index >= 15 is 0 Å². The van der Waals surface area contributed by atoms with E-state index in [-0.39, 0.29) is 10.6 Å². The molecule has 0 bridgehead atoms. The monoisotopic (exact) mass is 276 g/mol. The first-order chi connectivity index (χ1) is 8.38. The Morgan fingerprint density at radius 3 is 2.67 bits per heavy atom. The molecule has 0 amide bonds. The predicted molar refractivity (Wildman–Crippen MR) is 67.6 cm³/mol. The van der Waals surface area contributed by atoms with Crippen LogP contribution < -0.4 is 4.72 Å². The number of nitrogens with zero attached hydrogens (tertiary/aromatic N) is 2. The summed E-state index contributed by atoms with van der Waals surface area (Å²) >= 11 is 0. The lowest BCUT2D eigenvalue weighted by molar-refractivity contribution is 0.273. The summed E-state index contributed by atoms with van der Waals surface area (Å²) in [6, 6.07) is 0. The average molecular weight is 276 g/mol. The van der Waals surface area contributed by atoms with E-state index in [1.54, 1.807) is 6.92 Å². The smallest absolute Gasteiger partial charge is 0.244 e. The molecule has 0 spiro atoms. The van der Waals surface area contributed by atoms with Crippen molar-refractivity contribution in [2.45, 2.75) is 24.8 Å². The SMILES string of the molecule is Cc1[nH]nc(CO)c1S(=O)(=O)NCCCN(C)C. The molecule has 0 aromatic carbocycles. The third kappa shape index (κ3) is 3.77. The van der Waals surface area contributed by atoms with Crippen molar-refractivity contribution in [1.29, 1.82) is 0 Å². The van der Waals surface area contributed by atoms with Crippen LogP contribution in [0, 0.1) is 6.92 Å². The number of H-pyrrole nitrogens is 1. The van der Waals surface area contributed by atoms with Crippen LogP contribution in [0.1, 0.15) is 17.8 Å². The number of nitrogens with one attached hydrogen (secondary N) is 2. The van der Waals surface area contributed by atoms with Crippen molar-refractivity contribution in [3.63, 3.8) is 0 Å². The van der Waals surface area contributed by atoms with Crippen molar-refractivity contribution in [3.05, 3.63) is 11.4 Å². The molecule has 0 radical (unpaired) electrons. The van der Waals surface area contributed by atoms with Gasteiger partial charge in [-0.2, -0.15) is 5.10 Å². The first-order valence-electron chi connectivity index (χ1n) is 5.67. The zero-order chi connectivity index (χ0) is 13.8. The van der Waals surface area contributed by atoms with Crippen LogP contribution in [0.5, 0.6) is 0 Å². The molecule has 0 aliphatic carbocycles. The lowest BCUT2D eigenvalue weighted by Crippen LogP contribution is -2.28. The summed E-state index contributed by atoms with van der Waals surface area (Å²) < 4.78 is 26.6. The van der Waals surface area contributed by atoms with Gasteiger partial charge in [0.1, 0.15) is 10.6 Å². The summed E-state index contributed by atoms with van der Waals surface area (Å²) in [7, 11) is 0.248. The van der Waals surface area contributed by atoms with Crippen molar-refractivity contribution in [1.82, 2.24) is 19.8 Å². The molecule has 18 heavy (non-hydrogen) atoms. The third-order valence-electron chi connectivity index (χ3n) is 2.45. The van der Waals surface area contributed by atoms with Gasteiger partial charge in [0.2, 0.25) is 10.0 Å². The van der Waals surface area contributed by atoms with E-state index < -0.39 is 16.6 Å². The minimum atomic E-state index is -3.61. The number of hydrogen-bond donors (Lipinski definition) is 3. The van der Waals surface area contributed by atoms with Crippen LogP contribution in [0.25, 0.3) is 0 Å². The van der Waals surface area contributed by atoms with Crippen LogP contribution >= 0.6 is 0 Å². The number of aliphatic hydroxyl groups excluding tert-OH is 1. The summed E-state index contributed by atoms with van der Waals surface area (Å²) in [5, 5.41) is 15.4. The molecule has 0 atom stereocenters. The van der Waals surface area contributed by atoms with Gasteiger partial charge in [-0.1, -0.05) is 0 Å². The zero-order valence-electron chi connectivity index (χ0n) is 10.9. The minimum absolute atomic E-state index is 0.0508. The Hall–Kier alpha value is -0.960. The highest BCUT2D eigenvalue weighted by Crippen LogP contribution is 2.17. The van der Waals surface area contributed by atoms with E-state index in [2.05, 4.69) is 14.9 Å². The minimum Gasteiger partial charge on any atom is -0.390 e. The van der Waals surface area contributed by atoms with Gasteiger partial charge in [0.25, 0.3) is 0 Å².